The molecule has 0 fully saturated rings. The highest BCUT2D eigenvalue weighted by Crippen LogP contribution is 2.32. The fourth-order valence-corrected chi connectivity index (χ4v) is 3.90. The molecule has 31 heavy (non-hydrogen) atoms. The molecule has 0 spiro atoms. The topological polar surface area (TPSA) is 87.3 Å². The second-order valence-electron chi connectivity index (χ2n) is 6.78. The molecule has 2 aliphatic rings. The van der Waals surface area contributed by atoms with Crippen molar-refractivity contribution in [2.24, 2.45) is 10.1 Å². The number of aliphatic imine (C=N–C) groups is 1. The van der Waals surface area contributed by atoms with E-state index < -0.39 is 5.91 Å². The quantitative estimate of drug-likeness (QED) is 0.639. The summed E-state index contributed by atoms with van der Waals surface area (Å²) in [4.78, 5) is 16.6. The molecule has 0 atom stereocenters. The van der Waals surface area contributed by atoms with Gasteiger partial charge in [-0.2, -0.15) is 15.1 Å². The molecular formula is C23H22N4O3S. The summed E-state index contributed by atoms with van der Waals surface area (Å²) < 4.78 is 11.7. The lowest BCUT2D eigenvalue weighted by Crippen LogP contribution is -2.35. The number of thioether (sulfide) groups is 1. The first kappa shape index (κ1) is 20.9. The zero-order chi connectivity index (χ0) is 21.8. The Hall–Kier alpha value is -3.39. The van der Waals surface area contributed by atoms with E-state index >= 15 is 0 Å². The molecule has 8 heteroatoms. The lowest BCUT2D eigenvalue weighted by molar-refractivity contribution is -0.114. The number of benzene rings is 2. The maximum absolute atomic E-state index is 12.5. The smallest absolute Gasteiger partial charge is 0.283 e. The number of hydrazone groups is 1. The molecule has 2 aromatic carbocycles. The zero-order valence-corrected chi connectivity index (χ0v) is 18.1. The number of nitrogens with one attached hydrogen (secondary N) is 1. The molecule has 2 aromatic rings. The summed E-state index contributed by atoms with van der Waals surface area (Å²) in [5.74, 6) is 0.771. The van der Waals surface area contributed by atoms with E-state index in [1.807, 2.05) is 56.3 Å². The number of ether oxygens (including phenoxy) is 2. The van der Waals surface area contributed by atoms with Gasteiger partial charge < -0.3 is 9.47 Å². The second kappa shape index (κ2) is 9.18. The number of hydrogen-bond acceptors (Lipinski definition) is 6. The molecule has 7 nitrogen and oxygen atoms in total. The molecular weight excluding hydrogens is 412 g/mol. The molecule has 158 valence electrons. The fourth-order valence-electron chi connectivity index (χ4n) is 3.08. The van der Waals surface area contributed by atoms with Gasteiger partial charge in [0.25, 0.3) is 5.91 Å². The van der Waals surface area contributed by atoms with Crippen LogP contribution < -0.4 is 9.47 Å². The van der Waals surface area contributed by atoms with Gasteiger partial charge in [0.1, 0.15) is 11.7 Å². The number of amides is 1. The maximum atomic E-state index is 12.5. The minimum atomic E-state index is -0.446. The van der Waals surface area contributed by atoms with E-state index in [4.69, 9.17) is 14.9 Å². The van der Waals surface area contributed by atoms with Gasteiger partial charge in [-0.15, -0.1) is 0 Å². The van der Waals surface area contributed by atoms with Crippen molar-refractivity contribution in [2.45, 2.75) is 26.9 Å². The highest BCUT2D eigenvalue weighted by atomic mass is 32.2. The van der Waals surface area contributed by atoms with Crippen molar-refractivity contribution in [1.82, 2.24) is 5.01 Å². The Balaban J connectivity index is 1.59. The summed E-state index contributed by atoms with van der Waals surface area (Å²) >= 11 is 1.33. The zero-order valence-electron chi connectivity index (χ0n) is 17.3. The number of fused-ring (bicyclic) bond motifs is 1. The largest absolute Gasteiger partial charge is 0.490 e. The van der Waals surface area contributed by atoms with Crippen LogP contribution in [0.5, 0.6) is 11.5 Å². The SMILES string of the molecule is CCOc1cc(/C=C2/C(=N)N3N=C(CC)SC3=NC2=O)ccc1OCc1ccccc1. The maximum Gasteiger partial charge on any atom is 0.283 e. The van der Waals surface area contributed by atoms with Crippen LogP contribution in [-0.2, 0) is 11.4 Å². The van der Waals surface area contributed by atoms with E-state index in [-0.39, 0.29) is 11.4 Å². The Labute approximate surface area is 185 Å². The van der Waals surface area contributed by atoms with E-state index in [1.54, 1.807) is 12.1 Å². The molecule has 4 rings (SSSR count). The average Bonchev–Trinajstić information content (AvgIpc) is 3.20. The van der Waals surface area contributed by atoms with Crippen molar-refractivity contribution in [3.05, 3.63) is 65.2 Å². The first-order valence-corrected chi connectivity index (χ1v) is 10.8. The lowest BCUT2D eigenvalue weighted by Gasteiger charge is -2.20. The fraction of sp³-hybridized carbons (Fsp3) is 0.217. The Morgan fingerprint density at radius 3 is 2.65 bits per heavy atom. The molecule has 2 heterocycles. The number of rotatable bonds is 7. The highest BCUT2D eigenvalue weighted by Gasteiger charge is 2.35. The van der Waals surface area contributed by atoms with Crippen LogP contribution in [0.15, 0.2) is 64.2 Å². The summed E-state index contributed by atoms with van der Waals surface area (Å²) in [6, 6.07) is 15.3. The Kier molecular flexibility index (Phi) is 6.18. The van der Waals surface area contributed by atoms with Crippen LogP contribution in [0.3, 0.4) is 0 Å². The van der Waals surface area contributed by atoms with Crippen molar-refractivity contribution in [2.75, 3.05) is 6.61 Å². The van der Waals surface area contributed by atoms with Gasteiger partial charge in [0, 0.05) is 0 Å². The third kappa shape index (κ3) is 4.54. The van der Waals surface area contributed by atoms with Crippen LogP contribution in [-0.4, -0.2) is 33.6 Å². The minimum Gasteiger partial charge on any atom is -0.490 e. The van der Waals surface area contributed by atoms with E-state index in [0.29, 0.717) is 35.4 Å². The normalized spacial score (nSPS) is 16.8. The van der Waals surface area contributed by atoms with E-state index in [0.717, 1.165) is 17.0 Å². The molecule has 0 aromatic heterocycles. The van der Waals surface area contributed by atoms with Crippen molar-refractivity contribution >= 4 is 39.8 Å². The van der Waals surface area contributed by atoms with E-state index in [2.05, 4.69) is 10.1 Å². The Morgan fingerprint density at radius 1 is 1.10 bits per heavy atom. The van der Waals surface area contributed by atoms with Crippen molar-refractivity contribution in [3.8, 4) is 11.5 Å². The molecule has 0 radical (unpaired) electrons. The average molecular weight is 435 g/mol. The molecule has 0 bridgehead atoms. The first-order valence-electron chi connectivity index (χ1n) is 10.0. The summed E-state index contributed by atoms with van der Waals surface area (Å²) in [5, 5.41) is 15.5. The number of nitrogens with zero attached hydrogens (tertiary/aromatic N) is 3. The number of carbonyl (C=O) groups excluding carboxylic acids is 1. The predicted molar refractivity (Wildman–Crippen MR) is 124 cm³/mol. The third-order valence-corrected chi connectivity index (χ3v) is 5.67. The molecule has 0 saturated heterocycles. The summed E-state index contributed by atoms with van der Waals surface area (Å²) in [7, 11) is 0. The summed E-state index contributed by atoms with van der Waals surface area (Å²) in [5.41, 5.74) is 1.96. The standard InChI is InChI=1S/C23H22N4O3S/c1-3-20-26-27-21(24)17(22(28)25-23(27)31-20)12-16-10-11-18(19(13-16)29-4-2)30-14-15-8-6-5-7-9-15/h5-13,24H,3-4,14H2,1-2H3/b17-12-,24-21?. The Morgan fingerprint density at radius 2 is 1.90 bits per heavy atom. The van der Waals surface area contributed by atoms with Crippen molar-refractivity contribution in [3.63, 3.8) is 0 Å². The van der Waals surface area contributed by atoms with Gasteiger partial charge in [-0.25, -0.2) is 0 Å². The van der Waals surface area contributed by atoms with Gasteiger partial charge >= 0.3 is 0 Å². The monoisotopic (exact) mass is 434 g/mol. The van der Waals surface area contributed by atoms with Crippen LogP contribution in [0.25, 0.3) is 6.08 Å². The third-order valence-electron chi connectivity index (χ3n) is 4.61. The van der Waals surface area contributed by atoms with Crippen LogP contribution in [0.1, 0.15) is 31.4 Å². The van der Waals surface area contributed by atoms with Crippen molar-refractivity contribution in [1.29, 1.82) is 5.41 Å². The van der Waals surface area contributed by atoms with Gasteiger partial charge in [0.2, 0.25) is 5.17 Å². The first-order chi connectivity index (χ1) is 15.1. The van der Waals surface area contributed by atoms with Gasteiger partial charge in [-0.05, 0) is 54.4 Å². The van der Waals surface area contributed by atoms with Crippen LogP contribution >= 0.6 is 11.8 Å². The number of carbonyl (C=O) groups is 1. The molecule has 0 aliphatic carbocycles. The predicted octanol–water partition coefficient (Wildman–Crippen LogP) is 4.69. The van der Waals surface area contributed by atoms with Gasteiger partial charge in [-0.1, -0.05) is 43.3 Å². The van der Waals surface area contributed by atoms with E-state index in [9.17, 15) is 4.79 Å². The number of hydrogen-bond donors (Lipinski definition) is 1. The Bertz CT molecular complexity index is 1110. The molecule has 0 unspecified atom stereocenters. The lowest BCUT2D eigenvalue weighted by atomic mass is 10.1. The van der Waals surface area contributed by atoms with Gasteiger partial charge in [0.15, 0.2) is 17.3 Å². The summed E-state index contributed by atoms with van der Waals surface area (Å²) in [6.45, 7) is 4.77. The van der Waals surface area contributed by atoms with Crippen LogP contribution in [0.4, 0.5) is 0 Å². The van der Waals surface area contributed by atoms with Gasteiger partial charge in [-0.3, -0.25) is 10.2 Å². The second-order valence-corrected chi connectivity index (χ2v) is 7.82. The molecule has 1 amide bonds. The molecule has 0 saturated carbocycles. The number of amidine groups is 2. The molecule has 2 aliphatic heterocycles. The minimum absolute atomic E-state index is 0.0216. The molecule has 1 N–H and O–H groups in total. The van der Waals surface area contributed by atoms with E-state index in [1.165, 1.54) is 16.8 Å². The highest BCUT2D eigenvalue weighted by molar-refractivity contribution is 8.26. The van der Waals surface area contributed by atoms with Gasteiger partial charge in [0.05, 0.1) is 12.2 Å². The summed E-state index contributed by atoms with van der Waals surface area (Å²) in [6.07, 6.45) is 2.36. The van der Waals surface area contributed by atoms with Crippen LogP contribution in [0.2, 0.25) is 0 Å². The van der Waals surface area contributed by atoms with Crippen molar-refractivity contribution < 1.29 is 14.3 Å². The van der Waals surface area contributed by atoms with Crippen LogP contribution in [0, 0.1) is 5.41 Å².